The summed E-state index contributed by atoms with van der Waals surface area (Å²) in [6.07, 6.45) is 4.57. The molecule has 0 amide bonds. The number of nitrogens with one attached hydrogen (secondary N) is 1. The van der Waals surface area contributed by atoms with Gasteiger partial charge in [0, 0.05) is 0 Å². The second-order valence-corrected chi connectivity index (χ2v) is 6.87. The molecule has 0 heterocycles. The van der Waals surface area contributed by atoms with Gasteiger partial charge in [-0.1, -0.05) is 6.92 Å². The van der Waals surface area contributed by atoms with Gasteiger partial charge in [-0.2, -0.15) is 0 Å². The first-order chi connectivity index (χ1) is 9.60. The zero-order valence-corrected chi connectivity index (χ0v) is 15.1. The minimum Gasteiger partial charge on any atom is -0.496 e. The van der Waals surface area contributed by atoms with Gasteiger partial charge in [-0.3, -0.25) is 0 Å². The molecular formula is C15H21Br2NO2. The highest BCUT2D eigenvalue weighted by atomic mass is 79.9. The summed E-state index contributed by atoms with van der Waals surface area (Å²) < 4.78 is 13.5. The molecule has 3 nitrogen and oxygen atoms in total. The highest BCUT2D eigenvalue weighted by molar-refractivity contribution is 9.11. The molecule has 0 aromatic heterocycles. The van der Waals surface area contributed by atoms with Gasteiger partial charge in [0.1, 0.15) is 17.1 Å². The van der Waals surface area contributed by atoms with E-state index in [1.807, 2.05) is 12.1 Å². The van der Waals surface area contributed by atoms with Crippen molar-refractivity contribution in [2.45, 2.75) is 38.2 Å². The number of rotatable bonds is 7. The van der Waals surface area contributed by atoms with Crippen LogP contribution in [0, 0.1) is 0 Å². The standard InChI is InChI=1S/C15H21Br2NO2/c1-3-18-8-7-15(5-4-6-15)20-14-10-11(16)13(19-2)9-12(14)17/h9-10,18H,3-8H2,1-2H3. The summed E-state index contributed by atoms with van der Waals surface area (Å²) in [5, 5.41) is 3.38. The van der Waals surface area contributed by atoms with Crippen molar-refractivity contribution in [3.05, 3.63) is 21.1 Å². The zero-order chi connectivity index (χ0) is 14.6. The van der Waals surface area contributed by atoms with Gasteiger partial charge in [-0.15, -0.1) is 0 Å². The van der Waals surface area contributed by atoms with E-state index in [-0.39, 0.29) is 5.60 Å². The van der Waals surface area contributed by atoms with Crippen LogP contribution in [0.5, 0.6) is 11.5 Å². The molecule has 2 rings (SSSR count). The molecule has 0 unspecified atom stereocenters. The quantitative estimate of drug-likeness (QED) is 0.675. The number of methoxy groups -OCH3 is 1. The third kappa shape index (κ3) is 3.68. The average Bonchev–Trinajstić information content (AvgIpc) is 2.39. The van der Waals surface area contributed by atoms with Gasteiger partial charge in [-0.05, 0) is 82.8 Å². The largest absolute Gasteiger partial charge is 0.496 e. The zero-order valence-electron chi connectivity index (χ0n) is 12.0. The Hall–Kier alpha value is -0.260. The smallest absolute Gasteiger partial charge is 0.135 e. The topological polar surface area (TPSA) is 30.5 Å². The summed E-state index contributed by atoms with van der Waals surface area (Å²) in [5.74, 6) is 1.69. The van der Waals surface area contributed by atoms with Crippen LogP contribution in [0.15, 0.2) is 21.1 Å². The molecule has 0 spiro atoms. The Bertz CT molecular complexity index is 461. The molecule has 1 aromatic carbocycles. The lowest BCUT2D eigenvalue weighted by Crippen LogP contribution is -2.45. The van der Waals surface area contributed by atoms with Crippen molar-refractivity contribution in [1.82, 2.24) is 5.32 Å². The SMILES string of the molecule is CCNCCC1(Oc2cc(Br)c(OC)cc2Br)CCC1. The van der Waals surface area contributed by atoms with Crippen molar-refractivity contribution < 1.29 is 9.47 Å². The molecule has 1 aliphatic carbocycles. The van der Waals surface area contributed by atoms with Crippen molar-refractivity contribution in [2.75, 3.05) is 20.2 Å². The van der Waals surface area contributed by atoms with Crippen LogP contribution in [0.3, 0.4) is 0 Å². The Kier molecular flexibility index (Phi) is 5.75. The predicted octanol–water partition coefficient (Wildman–Crippen LogP) is 4.52. The summed E-state index contributed by atoms with van der Waals surface area (Å²) in [7, 11) is 1.66. The Labute approximate surface area is 137 Å². The van der Waals surface area contributed by atoms with Crippen LogP contribution in [-0.4, -0.2) is 25.8 Å². The van der Waals surface area contributed by atoms with Crippen molar-refractivity contribution in [2.24, 2.45) is 0 Å². The lowest BCUT2D eigenvalue weighted by atomic mass is 9.77. The third-order valence-electron chi connectivity index (χ3n) is 3.80. The molecule has 1 aromatic rings. The fourth-order valence-electron chi connectivity index (χ4n) is 2.45. The van der Waals surface area contributed by atoms with Gasteiger partial charge >= 0.3 is 0 Å². The van der Waals surface area contributed by atoms with Crippen LogP contribution in [-0.2, 0) is 0 Å². The van der Waals surface area contributed by atoms with E-state index in [0.717, 1.165) is 52.8 Å². The van der Waals surface area contributed by atoms with Gasteiger partial charge in [0.05, 0.1) is 16.1 Å². The summed E-state index contributed by atoms with van der Waals surface area (Å²) in [4.78, 5) is 0. The number of hydrogen-bond donors (Lipinski definition) is 1. The fraction of sp³-hybridized carbons (Fsp3) is 0.600. The maximum absolute atomic E-state index is 6.32. The van der Waals surface area contributed by atoms with Crippen LogP contribution in [0.1, 0.15) is 32.6 Å². The molecule has 0 aliphatic heterocycles. The number of halogens is 2. The third-order valence-corrected chi connectivity index (χ3v) is 5.04. The first-order valence-electron chi connectivity index (χ1n) is 7.03. The molecular weight excluding hydrogens is 386 g/mol. The lowest BCUT2D eigenvalue weighted by Gasteiger charge is -2.42. The Morgan fingerprint density at radius 3 is 2.40 bits per heavy atom. The first-order valence-corrected chi connectivity index (χ1v) is 8.61. The van der Waals surface area contributed by atoms with Gasteiger partial charge < -0.3 is 14.8 Å². The van der Waals surface area contributed by atoms with Crippen molar-refractivity contribution >= 4 is 31.9 Å². The second-order valence-electron chi connectivity index (χ2n) is 5.16. The van der Waals surface area contributed by atoms with Gasteiger partial charge in [0.15, 0.2) is 0 Å². The fourth-order valence-corrected chi connectivity index (χ4v) is 3.33. The molecule has 0 atom stereocenters. The minimum atomic E-state index is -0.00127. The monoisotopic (exact) mass is 405 g/mol. The molecule has 1 aliphatic rings. The first kappa shape index (κ1) is 16.1. The van der Waals surface area contributed by atoms with E-state index in [0.29, 0.717) is 0 Å². The summed E-state index contributed by atoms with van der Waals surface area (Å²) in [6, 6.07) is 3.92. The van der Waals surface area contributed by atoms with E-state index >= 15 is 0 Å². The van der Waals surface area contributed by atoms with Crippen molar-refractivity contribution in [3.63, 3.8) is 0 Å². The van der Waals surface area contributed by atoms with Gasteiger partial charge in [-0.25, -0.2) is 0 Å². The molecule has 0 bridgehead atoms. The van der Waals surface area contributed by atoms with Crippen LogP contribution >= 0.6 is 31.9 Å². The molecule has 5 heteroatoms. The van der Waals surface area contributed by atoms with Crippen LogP contribution in [0.4, 0.5) is 0 Å². The Morgan fingerprint density at radius 2 is 1.85 bits per heavy atom. The summed E-state index contributed by atoms with van der Waals surface area (Å²) in [6.45, 7) is 4.14. The molecule has 20 heavy (non-hydrogen) atoms. The van der Waals surface area contributed by atoms with E-state index < -0.39 is 0 Å². The van der Waals surface area contributed by atoms with E-state index in [2.05, 4.69) is 44.1 Å². The van der Waals surface area contributed by atoms with Crippen molar-refractivity contribution in [3.8, 4) is 11.5 Å². The summed E-state index contributed by atoms with van der Waals surface area (Å²) in [5.41, 5.74) is -0.00127. The van der Waals surface area contributed by atoms with E-state index in [4.69, 9.17) is 9.47 Å². The van der Waals surface area contributed by atoms with E-state index in [1.54, 1.807) is 7.11 Å². The normalized spacial score (nSPS) is 16.6. The molecule has 0 saturated heterocycles. The highest BCUT2D eigenvalue weighted by Crippen LogP contribution is 2.43. The van der Waals surface area contributed by atoms with E-state index in [1.165, 1.54) is 6.42 Å². The number of hydrogen-bond acceptors (Lipinski definition) is 3. The van der Waals surface area contributed by atoms with E-state index in [9.17, 15) is 0 Å². The van der Waals surface area contributed by atoms with Crippen LogP contribution < -0.4 is 14.8 Å². The lowest BCUT2D eigenvalue weighted by molar-refractivity contribution is -0.0148. The molecule has 1 saturated carbocycles. The van der Waals surface area contributed by atoms with Crippen LogP contribution in [0.2, 0.25) is 0 Å². The predicted molar refractivity (Wildman–Crippen MR) is 88.8 cm³/mol. The molecule has 0 radical (unpaired) electrons. The maximum Gasteiger partial charge on any atom is 0.135 e. The second kappa shape index (κ2) is 7.14. The van der Waals surface area contributed by atoms with Crippen LogP contribution in [0.25, 0.3) is 0 Å². The van der Waals surface area contributed by atoms with Crippen molar-refractivity contribution in [1.29, 1.82) is 0 Å². The molecule has 1 N–H and O–H groups in total. The minimum absolute atomic E-state index is 0.00127. The molecule has 1 fully saturated rings. The van der Waals surface area contributed by atoms with Gasteiger partial charge in [0.2, 0.25) is 0 Å². The molecule has 112 valence electrons. The Morgan fingerprint density at radius 1 is 1.20 bits per heavy atom. The summed E-state index contributed by atoms with van der Waals surface area (Å²) >= 11 is 7.08. The maximum atomic E-state index is 6.32. The average molecular weight is 407 g/mol. The highest BCUT2D eigenvalue weighted by Gasteiger charge is 2.39. The van der Waals surface area contributed by atoms with Gasteiger partial charge in [0.25, 0.3) is 0 Å². The number of benzene rings is 1. The number of ether oxygens (including phenoxy) is 2. The Balaban J connectivity index is 2.09.